The van der Waals surface area contributed by atoms with Gasteiger partial charge in [0.15, 0.2) is 0 Å². The molecule has 3 nitrogen and oxygen atoms in total. The molecule has 0 amide bonds. The summed E-state index contributed by atoms with van der Waals surface area (Å²) in [6.07, 6.45) is 4.12. The first-order valence-electron chi connectivity index (χ1n) is 8.40. The Bertz CT molecular complexity index is 645. The summed E-state index contributed by atoms with van der Waals surface area (Å²) in [5.74, 6) is -0.0438. The summed E-state index contributed by atoms with van der Waals surface area (Å²) < 4.78 is 6.44. The molecule has 7 atom stereocenters. The molecule has 23 heavy (non-hydrogen) atoms. The Balaban J connectivity index is 2.27. The Morgan fingerprint density at radius 1 is 1.39 bits per heavy atom. The van der Waals surface area contributed by atoms with Gasteiger partial charge in [-0.05, 0) is 38.8 Å². The number of hydrogen-bond acceptors (Lipinski definition) is 3. The van der Waals surface area contributed by atoms with Gasteiger partial charge in [-0.15, -0.1) is 0 Å². The van der Waals surface area contributed by atoms with E-state index in [1.165, 1.54) is 11.1 Å². The predicted molar refractivity (Wildman–Crippen MR) is 90.9 cm³/mol. The number of ether oxygens (including phenoxy) is 1. The van der Waals surface area contributed by atoms with Crippen LogP contribution in [0.25, 0.3) is 0 Å². The number of allylic oxidation sites excluding steroid dienone is 2. The van der Waals surface area contributed by atoms with Crippen LogP contribution in [0.1, 0.15) is 41.5 Å². The van der Waals surface area contributed by atoms with E-state index < -0.39 is 11.5 Å². The molecule has 1 N–H and O–H groups in total. The topological polar surface area (TPSA) is 46.5 Å². The minimum Gasteiger partial charge on any atom is -0.388 e. The van der Waals surface area contributed by atoms with E-state index >= 15 is 0 Å². The SMILES string of the molecule is C=C1C2O[C@@H](/C(C)=C/C)[C@]3(C)C=C(C)[C@H]([C@](C)(C=O)[C@@H]1O)[C@]23C. The number of carbonyl (C=O) groups excluding carboxylic acids is 1. The monoisotopic (exact) mass is 316 g/mol. The van der Waals surface area contributed by atoms with E-state index in [0.29, 0.717) is 5.57 Å². The molecular formula is C20H28O3. The van der Waals surface area contributed by atoms with Crippen LogP contribution in [0.15, 0.2) is 35.5 Å². The number of rotatable bonds is 2. The lowest BCUT2D eigenvalue weighted by Crippen LogP contribution is -2.60. The van der Waals surface area contributed by atoms with Crippen LogP contribution in [0.3, 0.4) is 0 Å². The van der Waals surface area contributed by atoms with Crippen molar-refractivity contribution >= 4 is 6.29 Å². The first-order valence-corrected chi connectivity index (χ1v) is 8.40. The zero-order valence-corrected chi connectivity index (χ0v) is 15.0. The number of aldehydes is 1. The van der Waals surface area contributed by atoms with E-state index in [4.69, 9.17) is 4.74 Å². The van der Waals surface area contributed by atoms with Crippen LogP contribution in [-0.4, -0.2) is 29.7 Å². The third-order valence-electron chi connectivity index (χ3n) is 7.13. The Morgan fingerprint density at radius 2 is 2.00 bits per heavy atom. The van der Waals surface area contributed by atoms with Crippen molar-refractivity contribution in [3.63, 3.8) is 0 Å². The molecule has 3 rings (SSSR count). The van der Waals surface area contributed by atoms with Gasteiger partial charge >= 0.3 is 0 Å². The highest BCUT2D eigenvalue weighted by molar-refractivity contribution is 5.66. The molecule has 0 bridgehead atoms. The highest BCUT2D eigenvalue weighted by Crippen LogP contribution is 2.72. The number of aliphatic hydroxyl groups excluding tert-OH is 1. The second kappa shape index (κ2) is 4.67. The molecule has 0 radical (unpaired) electrons. The molecule has 2 aliphatic carbocycles. The first kappa shape index (κ1) is 16.7. The van der Waals surface area contributed by atoms with Gasteiger partial charge in [-0.2, -0.15) is 0 Å². The number of carbonyl (C=O) groups is 1. The van der Waals surface area contributed by atoms with Gasteiger partial charge in [0.25, 0.3) is 0 Å². The van der Waals surface area contributed by atoms with Crippen LogP contribution in [0.4, 0.5) is 0 Å². The van der Waals surface area contributed by atoms with E-state index in [-0.39, 0.29) is 29.0 Å². The van der Waals surface area contributed by atoms with Crippen molar-refractivity contribution in [1.82, 2.24) is 0 Å². The maximum absolute atomic E-state index is 12.0. The number of hydrogen-bond donors (Lipinski definition) is 1. The Morgan fingerprint density at radius 3 is 2.52 bits per heavy atom. The van der Waals surface area contributed by atoms with Crippen molar-refractivity contribution in [2.45, 2.75) is 59.9 Å². The Hall–Kier alpha value is -1.19. The third kappa shape index (κ3) is 1.60. The molecule has 0 spiro atoms. The van der Waals surface area contributed by atoms with Crippen LogP contribution in [0.5, 0.6) is 0 Å². The standard InChI is InChI=1S/C20H28O3/c1-8-11(2)16-19(6)9-12(3)14-18(5,10-21)15(22)13(4)17(23-16)20(14,19)7/h8-10,14-17,22H,4H2,1-3,5-7H3/b11-8+/t14-,15-,16+,17?,18+,19+,20-/m1/s1. The fourth-order valence-corrected chi connectivity index (χ4v) is 5.88. The summed E-state index contributed by atoms with van der Waals surface area (Å²) in [7, 11) is 0. The van der Waals surface area contributed by atoms with E-state index in [0.717, 1.165) is 6.29 Å². The van der Waals surface area contributed by atoms with Crippen molar-refractivity contribution in [3.8, 4) is 0 Å². The lowest BCUT2D eigenvalue weighted by atomic mass is 9.48. The van der Waals surface area contributed by atoms with Crippen LogP contribution in [0.2, 0.25) is 0 Å². The summed E-state index contributed by atoms with van der Waals surface area (Å²) in [4.78, 5) is 12.0. The third-order valence-corrected chi connectivity index (χ3v) is 7.13. The van der Waals surface area contributed by atoms with Gasteiger partial charge < -0.3 is 14.6 Å². The van der Waals surface area contributed by atoms with Crippen LogP contribution < -0.4 is 0 Å². The Labute approximate surface area is 139 Å². The highest BCUT2D eigenvalue weighted by atomic mass is 16.5. The Kier molecular flexibility index (Phi) is 3.38. The fraction of sp³-hybridized carbons (Fsp3) is 0.650. The summed E-state index contributed by atoms with van der Waals surface area (Å²) in [5.41, 5.74) is 1.65. The van der Waals surface area contributed by atoms with Gasteiger partial charge in [-0.25, -0.2) is 0 Å². The second-order valence-corrected chi connectivity index (χ2v) is 8.28. The largest absolute Gasteiger partial charge is 0.388 e. The van der Waals surface area contributed by atoms with E-state index in [9.17, 15) is 9.90 Å². The quantitative estimate of drug-likeness (QED) is 0.627. The van der Waals surface area contributed by atoms with Gasteiger partial charge in [0, 0.05) is 16.7 Å². The molecule has 1 saturated heterocycles. The average Bonchev–Trinajstić information content (AvgIpc) is 2.85. The minimum atomic E-state index is -0.876. The fourth-order valence-electron chi connectivity index (χ4n) is 5.88. The van der Waals surface area contributed by atoms with Gasteiger partial charge in [0.1, 0.15) is 6.29 Å². The van der Waals surface area contributed by atoms with E-state index in [1.807, 2.05) is 13.8 Å². The van der Waals surface area contributed by atoms with E-state index in [2.05, 4.69) is 46.4 Å². The van der Waals surface area contributed by atoms with Crippen molar-refractivity contribution in [2.75, 3.05) is 0 Å². The molecule has 3 heteroatoms. The van der Waals surface area contributed by atoms with Crippen LogP contribution >= 0.6 is 0 Å². The lowest BCUT2D eigenvalue weighted by Gasteiger charge is -2.55. The zero-order valence-electron chi connectivity index (χ0n) is 15.0. The molecule has 126 valence electrons. The molecule has 0 aromatic rings. The molecule has 3 aliphatic rings. The minimum absolute atomic E-state index is 0.0438. The van der Waals surface area contributed by atoms with Crippen LogP contribution in [0, 0.1) is 22.2 Å². The van der Waals surface area contributed by atoms with Gasteiger partial charge in [-0.3, -0.25) is 0 Å². The van der Waals surface area contributed by atoms with Crippen molar-refractivity contribution in [1.29, 1.82) is 0 Å². The van der Waals surface area contributed by atoms with Crippen molar-refractivity contribution in [2.24, 2.45) is 22.2 Å². The summed E-state index contributed by atoms with van der Waals surface area (Å²) in [6.45, 7) is 16.6. The smallest absolute Gasteiger partial charge is 0.129 e. The first-order chi connectivity index (χ1) is 10.6. The summed E-state index contributed by atoms with van der Waals surface area (Å²) in [5, 5.41) is 10.8. The predicted octanol–water partition coefficient (Wildman–Crippen LogP) is 3.44. The lowest BCUT2D eigenvalue weighted by molar-refractivity contribution is -0.138. The molecule has 0 aromatic carbocycles. The maximum atomic E-state index is 12.0. The van der Waals surface area contributed by atoms with Gasteiger partial charge in [0.05, 0.1) is 23.7 Å². The maximum Gasteiger partial charge on any atom is 0.129 e. The average molecular weight is 316 g/mol. The van der Waals surface area contributed by atoms with Crippen molar-refractivity contribution < 1.29 is 14.6 Å². The molecular weight excluding hydrogens is 288 g/mol. The highest BCUT2D eigenvalue weighted by Gasteiger charge is 2.74. The molecule has 1 aliphatic heterocycles. The zero-order chi connectivity index (χ0) is 17.4. The summed E-state index contributed by atoms with van der Waals surface area (Å²) in [6, 6.07) is 0. The molecule has 1 saturated carbocycles. The second-order valence-electron chi connectivity index (χ2n) is 8.28. The van der Waals surface area contributed by atoms with Gasteiger partial charge in [0.2, 0.25) is 0 Å². The summed E-state index contributed by atoms with van der Waals surface area (Å²) >= 11 is 0. The van der Waals surface area contributed by atoms with Crippen LogP contribution in [-0.2, 0) is 9.53 Å². The van der Waals surface area contributed by atoms with Gasteiger partial charge in [-0.1, -0.05) is 38.2 Å². The molecule has 1 unspecified atom stereocenters. The van der Waals surface area contributed by atoms with E-state index in [1.54, 1.807) is 0 Å². The number of aliphatic hydroxyl groups is 1. The normalized spacial score (nSPS) is 52.4. The van der Waals surface area contributed by atoms with Crippen molar-refractivity contribution in [3.05, 3.63) is 35.5 Å². The molecule has 0 aromatic heterocycles. The molecule has 2 fully saturated rings. The molecule has 1 heterocycles.